The first-order valence-electron chi connectivity index (χ1n) is 5.66. The summed E-state index contributed by atoms with van der Waals surface area (Å²) in [6, 6.07) is 0. The maximum atomic E-state index is 9.25. The van der Waals surface area contributed by atoms with E-state index in [0.29, 0.717) is 13.2 Å². The largest absolute Gasteiger partial charge is 0.378 e. The molecule has 0 spiro atoms. The zero-order valence-corrected chi connectivity index (χ0v) is 10.5. The average molecular weight is 219 g/mol. The molecular formula is C11H25NO3. The molecule has 0 aromatic heterocycles. The molecule has 0 aliphatic rings. The third-order valence-corrected chi connectivity index (χ3v) is 2.13. The molecule has 0 unspecified atom stereocenters. The Labute approximate surface area is 93.2 Å². The van der Waals surface area contributed by atoms with Crippen LogP contribution in [0.4, 0.5) is 0 Å². The summed E-state index contributed by atoms with van der Waals surface area (Å²) < 4.78 is 10.5. The topological polar surface area (TPSA) is 41.9 Å². The van der Waals surface area contributed by atoms with Gasteiger partial charge >= 0.3 is 0 Å². The summed E-state index contributed by atoms with van der Waals surface area (Å²) in [5, 5.41) is 9.25. The molecule has 0 atom stereocenters. The van der Waals surface area contributed by atoms with E-state index in [1.54, 1.807) is 13.8 Å². The average Bonchev–Trinajstić information content (AvgIpc) is 2.15. The molecule has 0 saturated heterocycles. The Kier molecular flexibility index (Phi) is 7.96. The highest BCUT2D eigenvalue weighted by molar-refractivity contribution is 4.51. The van der Waals surface area contributed by atoms with E-state index >= 15 is 0 Å². The van der Waals surface area contributed by atoms with Crippen molar-refractivity contribution in [1.82, 2.24) is 4.90 Å². The van der Waals surface area contributed by atoms with Crippen molar-refractivity contribution in [2.45, 2.75) is 33.5 Å². The predicted octanol–water partition coefficient (Wildman–Crippen LogP) is 1.09. The lowest BCUT2D eigenvalue weighted by Crippen LogP contribution is -2.28. The molecule has 0 aromatic carbocycles. The molecule has 0 amide bonds. The van der Waals surface area contributed by atoms with Crippen LogP contribution in [0.25, 0.3) is 0 Å². The van der Waals surface area contributed by atoms with Crippen molar-refractivity contribution >= 4 is 0 Å². The number of rotatable bonds is 9. The van der Waals surface area contributed by atoms with Crippen LogP contribution in [0.5, 0.6) is 0 Å². The van der Waals surface area contributed by atoms with Gasteiger partial charge in [-0.1, -0.05) is 13.8 Å². The second kappa shape index (κ2) is 8.05. The molecule has 0 aliphatic heterocycles. The summed E-state index contributed by atoms with van der Waals surface area (Å²) in [4.78, 5) is 2.30. The maximum Gasteiger partial charge on any atom is 0.159 e. The fourth-order valence-electron chi connectivity index (χ4n) is 1.19. The fourth-order valence-corrected chi connectivity index (χ4v) is 1.19. The van der Waals surface area contributed by atoms with Crippen molar-refractivity contribution < 1.29 is 14.6 Å². The van der Waals surface area contributed by atoms with E-state index in [-0.39, 0.29) is 0 Å². The van der Waals surface area contributed by atoms with Gasteiger partial charge in [0.1, 0.15) is 0 Å². The zero-order chi connectivity index (χ0) is 11.7. The van der Waals surface area contributed by atoms with Crippen LogP contribution in [0, 0.1) is 0 Å². The van der Waals surface area contributed by atoms with Gasteiger partial charge in [0, 0.05) is 6.54 Å². The predicted molar refractivity (Wildman–Crippen MR) is 60.9 cm³/mol. The lowest BCUT2D eigenvalue weighted by molar-refractivity contribution is -0.183. The maximum absolute atomic E-state index is 9.25. The smallest absolute Gasteiger partial charge is 0.159 e. The van der Waals surface area contributed by atoms with Crippen LogP contribution in [-0.4, -0.2) is 55.2 Å². The molecule has 0 rings (SSSR count). The van der Waals surface area contributed by atoms with Gasteiger partial charge in [-0.3, -0.25) is 0 Å². The summed E-state index contributed by atoms with van der Waals surface area (Å²) in [6.07, 6.45) is 0. The summed E-state index contributed by atoms with van der Waals surface area (Å²) in [6.45, 7) is 12.3. The van der Waals surface area contributed by atoms with Crippen molar-refractivity contribution in [3.63, 3.8) is 0 Å². The Morgan fingerprint density at radius 3 is 2.13 bits per heavy atom. The lowest BCUT2D eigenvalue weighted by atomic mass is 10.4. The van der Waals surface area contributed by atoms with E-state index in [9.17, 15) is 5.11 Å². The van der Waals surface area contributed by atoms with Gasteiger partial charge in [0.25, 0.3) is 0 Å². The first-order valence-corrected chi connectivity index (χ1v) is 5.66. The Morgan fingerprint density at radius 2 is 1.67 bits per heavy atom. The number of hydrogen-bond acceptors (Lipinski definition) is 4. The molecule has 0 aliphatic carbocycles. The summed E-state index contributed by atoms with van der Waals surface area (Å²) >= 11 is 0. The second-order valence-electron chi connectivity index (χ2n) is 3.93. The number of hydrogen-bond donors (Lipinski definition) is 1. The third-order valence-electron chi connectivity index (χ3n) is 2.13. The molecule has 4 nitrogen and oxygen atoms in total. The van der Waals surface area contributed by atoms with E-state index in [0.717, 1.165) is 26.2 Å². The van der Waals surface area contributed by atoms with E-state index in [1.807, 2.05) is 0 Å². The molecule has 0 heterocycles. The fraction of sp³-hybridized carbons (Fsp3) is 1.00. The number of nitrogens with zero attached hydrogens (tertiary/aromatic N) is 1. The van der Waals surface area contributed by atoms with E-state index in [4.69, 9.17) is 9.47 Å². The van der Waals surface area contributed by atoms with Crippen LogP contribution in [-0.2, 0) is 9.47 Å². The minimum Gasteiger partial charge on any atom is -0.378 e. The van der Waals surface area contributed by atoms with E-state index < -0.39 is 5.79 Å². The molecule has 92 valence electrons. The minimum absolute atomic E-state index is 0.432. The quantitative estimate of drug-likeness (QED) is 0.465. The van der Waals surface area contributed by atoms with Gasteiger partial charge in [0.2, 0.25) is 0 Å². The van der Waals surface area contributed by atoms with Crippen molar-refractivity contribution in [2.24, 2.45) is 0 Å². The SMILES string of the molecule is CCN(CC)CCOCCOC(C)(C)O. The van der Waals surface area contributed by atoms with Crippen molar-refractivity contribution in [3.8, 4) is 0 Å². The minimum atomic E-state index is -1.05. The molecule has 1 N–H and O–H groups in total. The lowest BCUT2D eigenvalue weighted by Gasteiger charge is -2.19. The van der Waals surface area contributed by atoms with Gasteiger partial charge in [-0.15, -0.1) is 0 Å². The normalized spacial score (nSPS) is 12.4. The van der Waals surface area contributed by atoms with Crippen molar-refractivity contribution in [1.29, 1.82) is 0 Å². The Balaban J connectivity index is 3.25. The van der Waals surface area contributed by atoms with Crippen LogP contribution < -0.4 is 0 Å². The zero-order valence-electron chi connectivity index (χ0n) is 10.5. The van der Waals surface area contributed by atoms with Crippen LogP contribution in [0.15, 0.2) is 0 Å². The summed E-state index contributed by atoms with van der Waals surface area (Å²) in [5.74, 6) is -1.05. The molecule has 0 bridgehead atoms. The number of ether oxygens (including phenoxy) is 2. The van der Waals surface area contributed by atoms with Crippen LogP contribution in [0.3, 0.4) is 0 Å². The van der Waals surface area contributed by atoms with Crippen LogP contribution in [0.1, 0.15) is 27.7 Å². The van der Waals surface area contributed by atoms with E-state index in [2.05, 4.69) is 18.7 Å². The molecule has 4 heteroatoms. The van der Waals surface area contributed by atoms with Gasteiger partial charge in [-0.05, 0) is 26.9 Å². The number of likely N-dealkylation sites (N-methyl/N-ethyl adjacent to an activating group) is 1. The Bertz CT molecular complexity index is 141. The van der Waals surface area contributed by atoms with Gasteiger partial charge in [-0.25, -0.2) is 0 Å². The highest BCUT2D eigenvalue weighted by Gasteiger charge is 2.11. The molecule has 0 fully saturated rings. The molecule has 15 heavy (non-hydrogen) atoms. The first-order chi connectivity index (χ1) is 6.99. The van der Waals surface area contributed by atoms with Crippen molar-refractivity contribution in [2.75, 3.05) is 39.5 Å². The molecule has 0 saturated carbocycles. The van der Waals surface area contributed by atoms with Crippen LogP contribution in [0.2, 0.25) is 0 Å². The highest BCUT2D eigenvalue weighted by Crippen LogP contribution is 2.01. The summed E-state index contributed by atoms with van der Waals surface area (Å²) in [7, 11) is 0. The van der Waals surface area contributed by atoms with E-state index in [1.165, 1.54) is 0 Å². The molecule has 0 aromatic rings. The molecular weight excluding hydrogens is 194 g/mol. The van der Waals surface area contributed by atoms with Gasteiger partial charge in [0.15, 0.2) is 5.79 Å². The Morgan fingerprint density at radius 1 is 1.07 bits per heavy atom. The summed E-state index contributed by atoms with van der Waals surface area (Å²) in [5.41, 5.74) is 0. The van der Waals surface area contributed by atoms with Gasteiger partial charge < -0.3 is 19.5 Å². The standard InChI is InChI=1S/C11H25NO3/c1-5-12(6-2)7-8-14-9-10-15-11(3,4)13/h13H,5-10H2,1-4H3. The highest BCUT2D eigenvalue weighted by atomic mass is 16.6. The third kappa shape index (κ3) is 10.1. The Hall–Kier alpha value is -0.160. The van der Waals surface area contributed by atoms with Gasteiger partial charge in [0.05, 0.1) is 19.8 Å². The number of aliphatic hydroxyl groups is 1. The van der Waals surface area contributed by atoms with Crippen LogP contribution >= 0.6 is 0 Å². The van der Waals surface area contributed by atoms with Gasteiger partial charge in [-0.2, -0.15) is 0 Å². The second-order valence-corrected chi connectivity index (χ2v) is 3.93. The first kappa shape index (κ1) is 14.8. The monoisotopic (exact) mass is 219 g/mol. The molecule has 0 radical (unpaired) electrons. The van der Waals surface area contributed by atoms with Crippen molar-refractivity contribution in [3.05, 3.63) is 0 Å².